The van der Waals surface area contributed by atoms with Crippen molar-refractivity contribution in [1.29, 1.82) is 0 Å². The number of imidazole rings is 1. The average molecular weight is 216 g/mol. The smallest absolute Gasteiger partial charge is 0.105 e. The molecule has 0 bridgehead atoms. The molecule has 0 radical (unpaired) electrons. The molecule has 0 amide bonds. The number of aromatic nitrogens is 2. The number of aromatic amines is 1. The summed E-state index contributed by atoms with van der Waals surface area (Å²) in [6, 6.07) is 10.3. The van der Waals surface area contributed by atoms with Crippen LogP contribution in [0.3, 0.4) is 0 Å². The van der Waals surface area contributed by atoms with Crippen LogP contribution in [0, 0.1) is 6.92 Å². The van der Waals surface area contributed by atoms with Crippen molar-refractivity contribution in [3.63, 3.8) is 0 Å². The predicted octanol–water partition coefficient (Wildman–Crippen LogP) is 3.75. The topological polar surface area (TPSA) is 28.7 Å². The van der Waals surface area contributed by atoms with Gasteiger partial charge in [0, 0.05) is 18.8 Å². The summed E-state index contributed by atoms with van der Waals surface area (Å²) in [5, 5.41) is 0. The highest BCUT2D eigenvalue weighted by atomic mass is 14.9. The Labute approximate surface area is 97.7 Å². The molecule has 0 saturated heterocycles. The SMILES string of the molecule is CCCCc1ncc[nH]1.Cc1ccccc1. The van der Waals surface area contributed by atoms with E-state index in [0.717, 1.165) is 12.2 Å². The molecule has 0 aliphatic carbocycles. The summed E-state index contributed by atoms with van der Waals surface area (Å²) in [5.41, 5.74) is 1.32. The van der Waals surface area contributed by atoms with Gasteiger partial charge in [-0.25, -0.2) is 4.98 Å². The van der Waals surface area contributed by atoms with Crippen LogP contribution in [0.5, 0.6) is 0 Å². The molecule has 0 spiro atoms. The molecule has 86 valence electrons. The largest absolute Gasteiger partial charge is 0.349 e. The first-order valence-corrected chi connectivity index (χ1v) is 5.83. The van der Waals surface area contributed by atoms with Crippen LogP contribution in [0.4, 0.5) is 0 Å². The van der Waals surface area contributed by atoms with Crippen molar-refractivity contribution in [2.75, 3.05) is 0 Å². The van der Waals surface area contributed by atoms with Crippen molar-refractivity contribution in [2.24, 2.45) is 0 Å². The zero-order valence-electron chi connectivity index (χ0n) is 10.1. The number of hydrogen-bond donors (Lipinski definition) is 1. The highest BCUT2D eigenvalue weighted by Gasteiger charge is 1.90. The normalized spacial score (nSPS) is 9.38. The number of benzene rings is 1. The summed E-state index contributed by atoms with van der Waals surface area (Å²) in [4.78, 5) is 7.16. The maximum atomic E-state index is 4.10. The number of hydrogen-bond acceptors (Lipinski definition) is 1. The van der Waals surface area contributed by atoms with Crippen LogP contribution in [0.2, 0.25) is 0 Å². The third-order valence-corrected chi connectivity index (χ3v) is 2.26. The summed E-state index contributed by atoms with van der Waals surface area (Å²) in [6.07, 6.45) is 7.22. The number of nitrogens with one attached hydrogen (secondary N) is 1. The van der Waals surface area contributed by atoms with E-state index in [1.54, 1.807) is 6.20 Å². The molecule has 0 unspecified atom stereocenters. The van der Waals surface area contributed by atoms with Crippen LogP contribution in [-0.4, -0.2) is 9.97 Å². The molecule has 2 aromatic rings. The van der Waals surface area contributed by atoms with Crippen molar-refractivity contribution >= 4 is 0 Å². The molecule has 0 saturated carbocycles. The van der Waals surface area contributed by atoms with Gasteiger partial charge in [-0.2, -0.15) is 0 Å². The van der Waals surface area contributed by atoms with E-state index < -0.39 is 0 Å². The van der Waals surface area contributed by atoms with Gasteiger partial charge in [-0.05, 0) is 13.3 Å². The minimum Gasteiger partial charge on any atom is -0.349 e. The second-order valence-corrected chi connectivity index (χ2v) is 3.79. The lowest BCUT2D eigenvalue weighted by Crippen LogP contribution is -1.85. The van der Waals surface area contributed by atoms with Gasteiger partial charge >= 0.3 is 0 Å². The van der Waals surface area contributed by atoms with Crippen LogP contribution in [0.15, 0.2) is 42.7 Å². The van der Waals surface area contributed by atoms with Gasteiger partial charge < -0.3 is 4.98 Å². The quantitative estimate of drug-likeness (QED) is 0.831. The molecule has 2 heteroatoms. The van der Waals surface area contributed by atoms with Gasteiger partial charge in [0.1, 0.15) is 5.82 Å². The third kappa shape index (κ3) is 5.35. The van der Waals surface area contributed by atoms with Gasteiger partial charge in [-0.1, -0.05) is 49.2 Å². The van der Waals surface area contributed by atoms with Crippen LogP contribution < -0.4 is 0 Å². The number of H-pyrrole nitrogens is 1. The highest BCUT2D eigenvalue weighted by Crippen LogP contribution is 1.96. The van der Waals surface area contributed by atoms with E-state index in [9.17, 15) is 0 Å². The fourth-order valence-electron chi connectivity index (χ4n) is 1.31. The zero-order chi connectivity index (χ0) is 11.6. The van der Waals surface area contributed by atoms with Gasteiger partial charge in [0.25, 0.3) is 0 Å². The van der Waals surface area contributed by atoms with Crippen molar-refractivity contribution in [2.45, 2.75) is 33.1 Å². The second-order valence-electron chi connectivity index (χ2n) is 3.79. The molecule has 1 heterocycles. The number of rotatable bonds is 3. The monoisotopic (exact) mass is 216 g/mol. The molecule has 1 N–H and O–H groups in total. The van der Waals surface area contributed by atoms with E-state index in [1.807, 2.05) is 24.4 Å². The molecule has 0 atom stereocenters. The Balaban J connectivity index is 0.000000165. The molecule has 1 aromatic heterocycles. The van der Waals surface area contributed by atoms with E-state index in [2.05, 4.69) is 35.9 Å². The molecule has 16 heavy (non-hydrogen) atoms. The van der Waals surface area contributed by atoms with E-state index in [1.165, 1.54) is 18.4 Å². The van der Waals surface area contributed by atoms with E-state index >= 15 is 0 Å². The molecule has 0 aliphatic rings. The summed E-state index contributed by atoms with van der Waals surface area (Å²) in [7, 11) is 0. The van der Waals surface area contributed by atoms with Gasteiger partial charge in [0.15, 0.2) is 0 Å². The fourth-order valence-corrected chi connectivity index (χ4v) is 1.31. The highest BCUT2D eigenvalue weighted by molar-refractivity contribution is 5.11. The first kappa shape index (κ1) is 12.5. The Morgan fingerprint density at radius 3 is 2.38 bits per heavy atom. The Morgan fingerprint density at radius 1 is 1.19 bits per heavy atom. The standard InChI is InChI=1S/C7H12N2.C7H8/c1-2-3-4-7-8-5-6-9-7;1-7-5-3-2-4-6-7/h5-6H,2-4H2,1H3,(H,8,9);2-6H,1H3. The van der Waals surface area contributed by atoms with Gasteiger partial charge in [-0.3, -0.25) is 0 Å². The summed E-state index contributed by atoms with van der Waals surface area (Å²) in [6.45, 7) is 4.27. The van der Waals surface area contributed by atoms with E-state index in [0.29, 0.717) is 0 Å². The minimum absolute atomic E-state index is 1.09. The van der Waals surface area contributed by atoms with Crippen molar-refractivity contribution in [3.05, 3.63) is 54.1 Å². The molecule has 2 rings (SSSR count). The van der Waals surface area contributed by atoms with Gasteiger partial charge in [0.2, 0.25) is 0 Å². The Hall–Kier alpha value is -1.57. The Bertz CT molecular complexity index is 351. The number of nitrogens with zero attached hydrogens (tertiary/aromatic N) is 1. The maximum Gasteiger partial charge on any atom is 0.105 e. The molecule has 1 aromatic carbocycles. The van der Waals surface area contributed by atoms with Crippen molar-refractivity contribution in [3.8, 4) is 0 Å². The van der Waals surface area contributed by atoms with Crippen molar-refractivity contribution in [1.82, 2.24) is 9.97 Å². The summed E-state index contributed by atoms with van der Waals surface area (Å²) < 4.78 is 0. The lowest BCUT2D eigenvalue weighted by molar-refractivity contribution is 0.762. The van der Waals surface area contributed by atoms with E-state index in [4.69, 9.17) is 0 Å². The molecule has 0 fully saturated rings. The van der Waals surface area contributed by atoms with Crippen LogP contribution in [-0.2, 0) is 6.42 Å². The molecular weight excluding hydrogens is 196 g/mol. The Kier molecular flexibility index (Phi) is 6.00. The maximum absolute atomic E-state index is 4.10. The zero-order valence-corrected chi connectivity index (χ0v) is 10.1. The van der Waals surface area contributed by atoms with Gasteiger partial charge in [-0.15, -0.1) is 0 Å². The molecule has 2 nitrogen and oxygen atoms in total. The Morgan fingerprint density at radius 2 is 1.94 bits per heavy atom. The first-order chi connectivity index (χ1) is 7.83. The fraction of sp³-hybridized carbons (Fsp3) is 0.357. The van der Waals surface area contributed by atoms with Gasteiger partial charge in [0.05, 0.1) is 0 Å². The number of unbranched alkanes of at least 4 members (excludes halogenated alkanes) is 1. The molecular formula is C14H20N2. The van der Waals surface area contributed by atoms with E-state index in [-0.39, 0.29) is 0 Å². The lowest BCUT2D eigenvalue weighted by atomic mass is 10.2. The second kappa shape index (κ2) is 7.69. The summed E-state index contributed by atoms with van der Waals surface area (Å²) in [5.74, 6) is 1.11. The summed E-state index contributed by atoms with van der Waals surface area (Å²) >= 11 is 0. The van der Waals surface area contributed by atoms with Crippen LogP contribution in [0.1, 0.15) is 31.2 Å². The number of aryl methyl sites for hydroxylation is 2. The first-order valence-electron chi connectivity index (χ1n) is 5.83. The van der Waals surface area contributed by atoms with Crippen LogP contribution in [0.25, 0.3) is 0 Å². The minimum atomic E-state index is 1.09. The van der Waals surface area contributed by atoms with Crippen LogP contribution >= 0.6 is 0 Å². The van der Waals surface area contributed by atoms with Crippen molar-refractivity contribution < 1.29 is 0 Å². The third-order valence-electron chi connectivity index (χ3n) is 2.26. The predicted molar refractivity (Wildman–Crippen MR) is 68.4 cm³/mol. The molecule has 0 aliphatic heterocycles. The average Bonchev–Trinajstić information content (AvgIpc) is 2.81. The lowest BCUT2D eigenvalue weighted by Gasteiger charge is -1.90.